The van der Waals surface area contributed by atoms with Gasteiger partial charge >= 0.3 is 0 Å². The lowest BCUT2D eigenvalue weighted by molar-refractivity contribution is 0.0556. The van der Waals surface area contributed by atoms with E-state index in [1.165, 1.54) is 17.8 Å². The Bertz CT molecular complexity index is 2010. The number of piperidine rings is 1. The number of carbonyl (C=O) groups is 2. The molecule has 0 aliphatic carbocycles. The molecule has 214 valence electrons. The fourth-order valence-corrected chi connectivity index (χ4v) is 6.88. The van der Waals surface area contributed by atoms with Gasteiger partial charge < -0.3 is 20.6 Å². The average Bonchev–Trinajstić information content (AvgIpc) is 3.83. The number of H-pyrrole nitrogens is 2. The van der Waals surface area contributed by atoms with Crippen molar-refractivity contribution < 1.29 is 9.59 Å². The van der Waals surface area contributed by atoms with Crippen molar-refractivity contribution in [1.29, 1.82) is 0 Å². The molecule has 2 saturated heterocycles. The smallest absolute Gasteiger partial charge is 0.292 e. The Kier molecular flexibility index (Phi) is 5.61. The lowest BCUT2D eigenvalue weighted by atomic mass is 9.85. The molecular formula is C30H27N11O2. The highest BCUT2D eigenvalue weighted by Gasteiger charge is 2.45. The topological polar surface area (TPSA) is 177 Å². The minimum absolute atomic E-state index is 0.0162. The number of imidazole rings is 1. The van der Waals surface area contributed by atoms with Gasteiger partial charge in [0.2, 0.25) is 5.82 Å². The number of carbonyl (C=O) groups excluding carboxylic acids is 2. The minimum atomic E-state index is -0.160. The third kappa shape index (κ3) is 3.99. The van der Waals surface area contributed by atoms with Gasteiger partial charge in [0.05, 0.1) is 40.5 Å². The molecule has 0 spiro atoms. The molecule has 13 nitrogen and oxygen atoms in total. The molecule has 13 heteroatoms. The Morgan fingerprint density at radius 3 is 2.51 bits per heavy atom. The van der Waals surface area contributed by atoms with Crippen molar-refractivity contribution in [1.82, 2.24) is 49.6 Å². The number of ketones is 1. The van der Waals surface area contributed by atoms with Crippen LogP contribution in [0.5, 0.6) is 0 Å². The number of nitrogens with one attached hydrogen (secondary N) is 2. The van der Waals surface area contributed by atoms with E-state index in [-0.39, 0.29) is 41.3 Å². The summed E-state index contributed by atoms with van der Waals surface area (Å²) in [5.74, 6) is 0.171. The van der Waals surface area contributed by atoms with Crippen LogP contribution in [0.3, 0.4) is 0 Å². The van der Waals surface area contributed by atoms with E-state index >= 15 is 0 Å². The lowest BCUT2D eigenvalue weighted by Gasteiger charge is -2.38. The second-order valence-corrected chi connectivity index (χ2v) is 11.3. The molecule has 4 N–H and O–H groups in total. The van der Waals surface area contributed by atoms with E-state index in [0.717, 1.165) is 46.3 Å². The Morgan fingerprint density at radius 2 is 1.79 bits per heavy atom. The molecule has 0 saturated carbocycles. The summed E-state index contributed by atoms with van der Waals surface area (Å²) in [5.41, 5.74) is 13.5. The summed E-state index contributed by atoms with van der Waals surface area (Å²) in [6.07, 6.45) is 9.73. The molecule has 1 aromatic carbocycles. The molecule has 5 aromatic heterocycles. The SMILES string of the molecule is CC(=O)c1c(C2CC3CCC(C2)N3C(=O)c2nnc[nH]2)nc2c(-c3ccc(-c4ccc5nc[nH]c5c4)nc3)cnn2c1N. The number of fused-ring (bicyclic) bond motifs is 4. The van der Waals surface area contributed by atoms with E-state index in [9.17, 15) is 9.59 Å². The summed E-state index contributed by atoms with van der Waals surface area (Å²) in [6, 6.07) is 9.96. The molecule has 6 aromatic rings. The van der Waals surface area contributed by atoms with Gasteiger partial charge in [-0.2, -0.15) is 9.61 Å². The molecule has 7 heterocycles. The quantitative estimate of drug-likeness (QED) is 0.259. The first-order valence-electron chi connectivity index (χ1n) is 14.2. The van der Waals surface area contributed by atoms with Crippen molar-refractivity contribution in [2.45, 2.75) is 50.6 Å². The molecule has 2 unspecified atom stereocenters. The Hall–Kier alpha value is -5.46. The zero-order valence-corrected chi connectivity index (χ0v) is 23.2. The maximum absolute atomic E-state index is 13.2. The molecule has 0 radical (unpaired) electrons. The summed E-state index contributed by atoms with van der Waals surface area (Å²) < 4.78 is 1.53. The molecule has 2 aliphatic rings. The predicted molar refractivity (Wildman–Crippen MR) is 157 cm³/mol. The van der Waals surface area contributed by atoms with Gasteiger partial charge in [-0.3, -0.25) is 14.6 Å². The Morgan fingerprint density at radius 1 is 0.977 bits per heavy atom. The van der Waals surface area contributed by atoms with Crippen LogP contribution >= 0.6 is 0 Å². The van der Waals surface area contributed by atoms with Crippen LogP contribution in [-0.4, -0.2) is 73.4 Å². The first-order chi connectivity index (χ1) is 21.0. The van der Waals surface area contributed by atoms with E-state index in [1.54, 1.807) is 18.7 Å². The summed E-state index contributed by atoms with van der Waals surface area (Å²) in [7, 11) is 0. The van der Waals surface area contributed by atoms with Crippen LogP contribution in [0.2, 0.25) is 0 Å². The molecule has 2 fully saturated rings. The van der Waals surface area contributed by atoms with Crippen LogP contribution in [0, 0.1) is 0 Å². The van der Waals surface area contributed by atoms with Crippen molar-refractivity contribution in [2.24, 2.45) is 0 Å². The van der Waals surface area contributed by atoms with Crippen LogP contribution in [0.15, 0.2) is 55.4 Å². The number of amides is 1. The molecule has 2 bridgehead atoms. The van der Waals surface area contributed by atoms with Gasteiger partial charge in [-0.15, -0.1) is 10.2 Å². The number of nitrogen functional groups attached to an aromatic ring is 1. The van der Waals surface area contributed by atoms with Gasteiger partial charge in [0.25, 0.3) is 5.91 Å². The standard InChI is InChI=1S/C30H27N11O2/c1-15(42)25-26(18-8-19-4-5-20(9-18)40(19)30(43)28-35-14-36-39-28)38-29-21(12-37-41(29)27(25)31)17-3-6-22(32-11-17)16-2-7-23-24(10-16)34-13-33-23/h2-3,6-7,10-14,18-20H,4-5,8-9,31H2,1H3,(H,33,34)(H,35,36,39). The van der Waals surface area contributed by atoms with Crippen molar-refractivity contribution in [3.63, 3.8) is 0 Å². The summed E-state index contributed by atoms with van der Waals surface area (Å²) in [5, 5.41) is 12.2. The lowest BCUT2D eigenvalue weighted by Crippen LogP contribution is -2.46. The number of aromatic nitrogens is 9. The van der Waals surface area contributed by atoms with Gasteiger partial charge in [0.15, 0.2) is 11.4 Å². The number of Topliss-reactive ketones (excluding diaryl/α,β-unsaturated/α-hetero) is 1. The number of anilines is 1. The molecule has 43 heavy (non-hydrogen) atoms. The number of pyridine rings is 1. The third-order valence-electron chi connectivity index (χ3n) is 8.83. The zero-order valence-electron chi connectivity index (χ0n) is 23.2. The molecule has 2 atom stereocenters. The maximum atomic E-state index is 13.2. The summed E-state index contributed by atoms with van der Waals surface area (Å²) >= 11 is 0. The fourth-order valence-electron chi connectivity index (χ4n) is 6.88. The van der Waals surface area contributed by atoms with E-state index in [2.05, 4.69) is 30.2 Å². The van der Waals surface area contributed by atoms with Crippen LogP contribution in [-0.2, 0) is 0 Å². The molecule has 8 rings (SSSR count). The van der Waals surface area contributed by atoms with E-state index in [4.69, 9.17) is 15.7 Å². The monoisotopic (exact) mass is 573 g/mol. The highest BCUT2D eigenvalue weighted by molar-refractivity contribution is 6.00. The van der Waals surface area contributed by atoms with Crippen molar-refractivity contribution >= 4 is 34.2 Å². The number of nitrogens with zero attached hydrogens (tertiary/aromatic N) is 8. The van der Waals surface area contributed by atoms with Gasteiger partial charge in [-0.1, -0.05) is 12.1 Å². The number of hydrogen-bond acceptors (Lipinski definition) is 9. The van der Waals surface area contributed by atoms with Gasteiger partial charge in [0, 0.05) is 40.9 Å². The highest BCUT2D eigenvalue weighted by atomic mass is 16.2. The van der Waals surface area contributed by atoms with Crippen molar-refractivity contribution in [3.05, 3.63) is 72.5 Å². The van der Waals surface area contributed by atoms with Crippen LogP contribution in [0.4, 0.5) is 5.82 Å². The van der Waals surface area contributed by atoms with Gasteiger partial charge in [-0.05, 0) is 50.8 Å². The number of aromatic amines is 2. The third-order valence-corrected chi connectivity index (χ3v) is 8.83. The van der Waals surface area contributed by atoms with Crippen molar-refractivity contribution in [3.8, 4) is 22.4 Å². The van der Waals surface area contributed by atoms with Crippen molar-refractivity contribution in [2.75, 3.05) is 5.73 Å². The second-order valence-electron chi connectivity index (χ2n) is 11.3. The average molecular weight is 574 g/mol. The number of benzene rings is 1. The highest BCUT2D eigenvalue weighted by Crippen LogP contribution is 2.45. The maximum Gasteiger partial charge on any atom is 0.292 e. The Labute approximate surface area is 244 Å². The summed E-state index contributed by atoms with van der Waals surface area (Å²) in [6.45, 7) is 1.51. The van der Waals surface area contributed by atoms with E-state index in [1.807, 2.05) is 35.2 Å². The fraction of sp³-hybridized carbons (Fsp3) is 0.267. The number of rotatable bonds is 5. The Balaban J connectivity index is 1.15. The summed E-state index contributed by atoms with van der Waals surface area (Å²) in [4.78, 5) is 48.1. The van der Waals surface area contributed by atoms with E-state index in [0.29, 0.717) is 29.7 Å². The van der Waals surface area contributed by atoms with Gasteiger partial charge in [0.1, 0.15) is 12.1 Å². The first-order valence-corrected chi connectivity index (χ1v) is 14.2. The molecule has 1 amide bonds. The number of hydrogen-bond donors (Lipinski definition) is 3. The van der Waals surface area contributed by atoms with Crippen LogP contribution in [0.1, 0.15) is 65.2 Å². The molecular weight excluding hydrogens is 546 g/mol. The predicted octanol–water partition coefficient (Wildman–Crippen LogP) is 3.79. The van der Waals surface area contributed by atoms with Crippen LogP contribution in [0.25, 0.3) is 39.1 Å². The number of nitrogens with two attached hydrogens (primary N) is 1. The second kappa shape index (κ2) is 9.54. The normalized spacial score (nSPS) is 19.8. The van der Waals surface area contributed by atoms with Crippen LogP contribution < -0.4 is 5.73 Å². The molecule has 2 aliphatic heterocycles. The van der Waals surface area contributed by atoms with E-state index < -0.39 is 0 Å². The van der Waals surface area contributed by atoms with Gasteiger partial charge in [-0.25, -0.2) is 9.97 Å². The first kappa shape index (κ1) is 25.3. The largest absolute Gasteiger partial charge is 0.383 e. The minimum Gasteiger partial charge on any atom is -0.383 e. The zero-order chi connectivity index (χ0) is 29.2.